The lowest BCUT2D eigenvalue weighted by Crippen LogP contribution is -2.05. The number of aliphatic imine (C=N–C) groups is 1. The second-order valence-corrected chi connectivity index (χ2v) is 7.11. The predicted molar refractivity (Wildman–Crippen MR) is 113 cm³/mol. The van der Waals surface area contributed by atoms with Gasteiger partial charge in [-0.15, -0.1) is 0 Å². The maximum Gasteiger partial charge on any atom is 0.363 e. The first-order chi connectivity index (χ1) is 13.7. The lowest BCUT2D eigenvalue weighted by atomic mass is 10.1. The molecule has 4 nitrogen and oxygen atoms in total. The van der Waals surface area contributed by atoms with E-state index in [1.807, 2.05) is 24.3 Å². The summed E-state index contributed by atoms with van der Waals surface area (Å²) >= 11 is 5.89. The highest BCUT2D eigenvalue weighted by Crippen LogP contribution is 2.21. The number of esters is 1. The summed E-state index contributed by atoms with van der Waals surface area (Å²) in [6, 6.07) is 14.6. The van der Waals surface area contributed by atoms with Crippen molar-refractivity contribution in [3.8, 4) is 5.75 Å². The average Bonchev–Trinajstić information content (AvgIpc) is 3.07. The zero-order chi connectivity index (χ0) is 19.8. The van der Waals surface area contributed by atoms with Crippen LogP contribution in [0.25, 0.3) is 6.08 Å². The van der Waals surface area contributed by atoms with E-state index in [0.717, 1.165) is 24.3 Å². The van der Waals surface area contributed by atoms with Gasteiger partial charge >= 0.3 is 5.97 Å². The summed E-state index contributed by atoms with van der Waals surface area (Å²) in [6.07, 6.45) is 7.78. The largest absolute Gasteiger partial charge is 0.494 e. The van der Waals surface area contributed by atoms with E-state index in [2.05, 4.69) is 11.9 Å². The molecule has 1 heterocycles. The second kappa shape index (κ2) is 10.1. The van der Waals surface area contributed by atoms with E-state index in [9.17, 15) is 4.79 Å². The number of carbonyl (C=O) groups is 1. The number of unbranched alkanes of at least 4 members (excludes halogenated alkanes) is 4. The van der Waals surface area contributed by atoms with E-state index in [1.165, 1.54) is 25.7 Å². The molecule has 0 saturated heterocycles. The Morgan fingerprint density at radius 1 is 1.00 bits per heavy atom. The molecule has 5 heteroatoms. The third kappa shape index (κ3) is 5.70. The van der Waals surface area contributed by atoms with Crippen LogP contribution in [0.5, 0.6) is 5.75 Å². The number of halogens is 1. The van der Waals surface area contributed by atoms with Gasteiger partial charge in [0.2, 0.25) is 5.90 Å². The fourth-order valence-corrected chi connectivity index (χ4v) is 2.96. The summed E-state index contributed by atoms with van der Waals surface area (Å²) in [5.41, 5.74) is 1.85. The summed E-state index contributed by atoms with van der Waals surface area (Å²) in [7, 11) is 0. The lowest BCUT2D eigenvalue weighted by Gasteiger charge is -2.06. The molecule has 0 unspecified atom stereocenters. The Hall–Kier alpha value is -2.59. The van der Waals surface area contributed by atoms with Crippen LogP contribution in [0.15, 0.2) is 59.2 Å². The number of hydrogen-bond acceptors (Lipinski definition) is 4. The molecule has 0 N–H and O–H groups in total. The van der Waals surface area contributed by atoms with Gasteiger partial charge in [-0.2, -0.15) is 0 Å². The minimum Gasteiger partial charge on any atom is -0.494 e. The zero-order valence-electron chi connectivity index (χ0n) is 16.0. The van der Waals surface area contributed by atoms with Gasteiger partial charge < -0.3 is 9.47 Å². The Labute approximate surface area is 170 Å². The van der Waals surface area contributed by atoms with Crippen molar-refractivity contribution in [2.75, 3.05) is 6.61 Å². The van der Waals surface area contributed by atoms with Gasteiger partial charge in [-0.05, 0) is 54.5 Å². The van der Waals surface area contributed by atoms with Crippen molar-refractivity contribution in [2.24, 2.45) is 4.99 Å². The number of ether oxygens (including phenoxy) is 2. The number of carbonyl (C=O) groups excluding carboxylic acids is 1. The summed E-state index contributed by atoms with van der Waals surface area (Å²) in [5.74, 6) is 0.658. The topological polar surface area (TPSA) is 47.9 Å². The quantitative estimate of drug-likeness (QED) is 0.294. The predicted octanol–water partition coefficient (Wildman–Crippen LogP) is 6.03. The van der Waals surface area contributed by atoms with E-state index in [0.29, 0.717) is 10.6 Å². The SMILES string of the molecule is CCCCCCCOc1ccc(/C=C2\N=C(c3ccc(Cl)cc3)OC2=O)cc1. The van der Waals surface area contributed by atoms with Crippen molar-refractivity contribution in [3.05, 3.63) is 70.4 Å². The molecule has 0 atom stereocenters. The first kappa shape index (κ1) is 20.2. The average molecular weight is 398 g/mol. The van der Waals surface area contributed by atoms with Crippen LogP contribution in [-0.4, -0.2) is 18.5 Å². The standard InChI is InChI=1S/C23H24ClNO3/c1-2-3-4-5-6-15-27-20-13-7-17(8-14-20)16-21-23(26)28-22(25-21)18-9-11-19(24)12-10-18/h7-14,16H,2-6,15H2,1H3/b21-16-. The van der Waals surface area contributed by atoms with Crippen LogP contribution in [0.4, 0.5) is 0 Å². The van der Waals surface area contributed by atoms with Gasteiger partial charge in [0.15, 0.2) is 5.70 Å². The molecule has 28 heavy (non-hydrogen) atoms. The first-order valence-corrected chi connectivity index (χ1v) is 10.0. The summed E-state index contributed by atoms with van der Waals surface area (Å²) in [6.45, 7) is 2.94. The fraction of sp³-hybridized carbons (Fsp3) is 0.304. The Balaban J connectivity index is 1.58. The molecule has 0 radical (unpaired) electrons. The molecular weight excluding hydrogens is 374 g/mol. The Morgan fingerprint density at radius 2 is 1.71 bits per heavy atom. The zero-order valence-corrected chi connectivity index (χ0v) is 16.7. The molecule has 1 aliphatic heterocycles. The van der Waals surface area contributed by atoms with Crippen molar-refractivity contribution in [2.45, 2.75) is 39.0 Å². The number of rotatable bonds is 9. The molecule has 0 bridgehead atoms. The minimum absolute atomic E-state index is 0.273. The molecule has 1 aliphatic rings. The number of hydrogen-bond donors (Lipinski definition) is 0. The molecule has 0 spiro atoms. The van der Waals surface area contributed by atoms with E-state index in [4.69, 9.17) is 21.1 Å². The van der Waals surface area contributed by atoms with Crippen molar-refractivity contribution >= 4 is 29.5 Å². The van der Waals surface area contributed by atoms with Gasteiger partial charge in [0.05, 0.1) is 6.61 Å². The molecule has 146 valence electrons. The minimum atomic E-state index is -0.461. The fourth-order valence-electron chi connectivity index (χ4n) is 2.84. The highest BCUT2D eigenvalue weighted by atomic mass is 35.5. The van der Waals surface area contributed by atoms with E-state index in [-0.39, 0.29) is 11.6 Å². The monoisotopic (exact) mass is 397 g/mol. The van der Waals surface area contributed by atoms with Crippen LogP contribution >= 0.6 is 11.6 Å². The molecule has 2 aromatic rings. The number of nitrogens with zero attached hydrogens (tertiary/aromatic N) is 1. The Kier molecular flexibility index (Phi) is 7.26. The van der Waals surface area contributed by atoms with Crippen LogP contribution in [0.1, 0.15) is 50.2 Å². The van der Waals surface area contributed by atoms with Crippen LogP contribution in [0, 0.1) is 0 Å². The van der Waals surface area contributed by atoms with E-state index >= 15 is 0 Å². The van der Waals surface area contributed by atoms with Crippen molar-refractivity contribution in [1.82, 2.24) is 0 Å². The molecule has 0 fully saturated rings. The number of cyclic esters (lactones) is 1. The molecule has 0 saturated carbocycles. The summed E-state index contributed by atoms with van der Waals surface area (Å²) in [5, 5.41) is 0.618. The molecule has 0 aliphatic carbocycles. The van der Waals surface area contributed by atoms with Gasteiger partial charge in [0.25, 0.3) is 0 Å². The van der Waals surface area contributed by atoms with Gasteiger partial charge in [0, 0.05) is 10.6 Å². The normalized spacial score (nSPS) is 14.9. The smallest absolute Gasteiger partial charge is 0.363 e. The van der Waals surface area contributed by atoms with E-state index < -0.39 is 5.97 Å². The molecule has 0 aromatic heterocycles. The van der Waals surface area contributed by atoms with Crippen LogP contribution in [-0.2, 0) is 9.53 Å². The molecular formula is C23H24ClNO3. The summed E-state index contributed by atoms with van der Waals surface area (Å²) in [4.78, 5) is 16.4. The highest BCUT2D eigenvalue weighted by molar-refractivity contribution is 6.30. The van der Waals surface area contributed by atoms with Crippen LogP contribution in [0.2, 0.25) is 5.02 Å². The van der Waals surface area contributed by atoms with Gasteiger partial charge in [-0.3, -0.25) is 0 Å². The van der Waals surface area contributed by atoms with Crippen LogP contribution in [0.3, 0.4) is 0 Å². The second-order valence-electron chi connectivity index (χ2n) is 6.67. The van der Waals surface area contributed by atoms with E-state index in [1.54, 1.807) is 30.3 Å². The third-order valence-electron chi connectivity index (χ3n) is 4.41. The summed E-state index contributed by atoms with van der Waals surface area (Å²) < 4.78 is 11.0. The lowest BCUT2D eigenvalue weighted by molar-refractivity contribution is -0.129. The first-order valence-electron chi connectivity index (χ1n) is 9.67. The van der Waals surface area contributed by atoms with Crippen molar-refractivity contribution < 1.29 is 14.3 Å². The van der Waals surface area contributed by atoms with Crippen molar-refractivity contribution in [3.63, 3.8) is 0 Å². The van der Waals surface area contributed by atoms with Crippen molar-refractivity contribution in [1.29, 1.82) is 0 Å². The van der Waals surface area contributed by atoms with Gasteiger partial charge in [-0.1, -0.05) is 56.3 Å². The maximum atomic E-state index is 12.1. The Bertz CT molecular complexity index is 854. The Morgan fingerprint density at radius 3 is 2.43 bits per heavy atom. The van der Waals surface area contributed by atoms with Crippen LogP contribution < -0.4 is 4.74 Å². The number of benzene rings is 2. The molecule has 0 amide bonds. The van der Waals surface area contributed by atoms with Gasteiger partial charge in [0.1, 0.15) is 5.75 Å². The maximum absolute atomic E-state index is 12.1. The molecule has 3 rings (SSSR count). The third-order valence-corrected chi connectivity index (χ3v) is 4.66. The molecule has 2 aromatic carbocycles. The highest BCUT2D eigenvalue weighted by Gasteiger charge is 2.24. The van der Waals surface area contributed by atoms with Gasteiger partial charge in [-0.25, -0.2) is 9.79 Å².